The number of rotatable bonds is 6. The predicted octanol–water partition coefficient (Wildman–Crippen LogP) is -0.263. The summed E-state index contributed by atoms with van der Waals surface area (Å²) >= 11 is 0. The van der Waals surface area contributed by atoms with Gasteiger partial charge in [-0.25, -0.2) is 0 Å². The molecule has 0 spiro atoms. The van der Waals surface area contributed by atoms with Crippen molar-refractivity contribution in [1.29, 1.82) is 0 Å². The molecule has 0 aromatic heterocycles. The lowest BCUT2D eigenvalue weighted by Crippen LogP contribution is -2.55. The van der Waals surface area contributed by atoms with Gasteiger partial charge in [0.2, 0.25) is 5.91 Å². The van der Waals surface area contributed by atoms with Crippen LogP contribution in [0.5, 0.6) is 0 Å². The molecule has 1 saturated carbocycles. The number of carbonyl (C=O) groups is 2. The average molecular weight is 259 g/mol. The maximum Gasteiger partial charge on any atom is 0.307 e. The molecule has 1 rings (SSSR count). The third-order valence-electron chi connectivity index (χ3n) is 3.84. The largest absolute Gasteiger partial charge is 0.481 e. The predicted molar refractivity (Wildman–Crippen MR) is 63.8 cm³/mol. The Balaban J connectivity index is 2.72. The molecule has 4 N–H and O–H groups in total. The van der Waals surface area contributed by atoms with Crippen molar-refractivity contribution in [3.63, 3.8) is 0 Å². The van der Waals surface area contributed by atoms with Gasteiger partial charge in [0.25, 0.3) is 0 Å². The van der Waals surface area contributed by atoms with Gasteiger partial charge in [0.15, 0.2) is 0 Å². The fourth-order valence-corrected chi connectivity index (χ4v) is 2.36. The van der Waals surface area contributed by atoms with Crippen molar-refractivity contribution < 1.29 is 24.9 Å². The third-order valence-corrected chi connectivity index (χ3v) is 3.84. The van der Waals surface area contributed by atoms with Crippen molar-refractivity contribution >= 4 is 11.9 Å². The summed E-state index contributed by atoms with van der Waals surface area (Å²) in [6.07, 6.45) is 2.15. The Morgan fingerprint density at radius 3 is 2.22 bits per heavy atom. The first-order chi connectivity index (χ1) is 8.49. The van der Waals surface area contributed by atoms with Gasteiger partial charge >= 0.3 is 5.97 Å². The first kappa shape index (κ1) is 14.9. The maximum absolute atomic E-state index is 12.1. The van der Waals surface area contributed by atoms with Gasteiger partial charge in [0.1, 0.15) is 0 Å². The summed E-state index contributed by atoms with van der Waals surface area (Å²) in [5.41, 5.74) is -1.05. The fraction of sp³-hybridized carbons (Fsp3) is 0.833. The molecule has 104 valence electrons. The second-order valence-corrected chi connectivity index (χ2v) is 4.92. The molecule has 0 radical (unpaired) electrons. The monoisotopic (exact) mass is 259 g/mol. The standard InChI is InChI=1S/C12H21NO5/c1-2-12(6-14,7-15)13-10(16)8-4-3-5-9(8)11(17)18/h8-9,14-15H,2-7H2,1H3,(H,13,16)(H,17,18)/t8-,9+/m1/s1. The summed E-state index contributed by atoms with van der Waals surface area (Å²) in [4.78, 5) is 23.1. The van der Waals surface area contributed by atoms with Gasteiger partial charge < -0.3 is 20.6 Å². The van der Waals surface area contributed by atoms with Crippen LogP contribution >= 0.6 is 0 Å². The molecule has 0 unspecified atom stereocenters. The zero-order chi connectivity index (χ0) is 13.8. The van der Waals surface area contributed by atoms with Crippen molar-refractivity contribution in [3.05, 3.63) is 0 Å². The van der Waals surface area contributed by atoms with Crippen LogP contribution in [-0.4, -0.2) is 45.9 Å². The molecular formula is C12H21NO5. The number of aliphatic carboxylic acids is 1. The van der Waals surface area contributed by atoms with Gasteiger partial charge in [0.05, 0.1) is 30.6 Å². The number of carboxylic acid groups (broad SMARTS) is 1. The summed E-state index contributed by atoms with van der Waals surface area (Å²) in [5, 5.41) is 30.1. The molecule has 18 heavy (non-hydrogen) atoms. The number of hydrogen-bond donors (Lipinski definition) is 4. The molecule has 0 aromatic rings. The first-order valence-corrected chi connectivity index (χ1v) is 6.26. The van der Waals surface area contributed by atoms with Crippen LogP contribution in [0.25, 0.3) is 0 Å². The highest BCUT2D eigenvalue weighted by Crippen LogP contribution is 2.32. The molecule has 1 fully saturated rings. The molecule has 1 amide bonds. The lowest BCUT2D eigenvalue weighted by molar-refractivity contribution is -0.146. The molecule has 1 aliphatic rings. The summed E-state index contributed by atoms with van der Waals surface area (Å²) in [7, 11) is 0. The van der Waals surface area contributed by atoms with E-state index >= 15 is 0 Å². The zero-order valence-electron chi connectivity index (χ0n) is 10.6. The van der Waals surface area contributed by atoms with Crippen LogP contribution in [0.1, 0.15) is 32.6 Å². The molecule has 0 bridgehead atoms. The minimum absolute atomic E-state index is 0.365. The Bertz CT molecular complexity index is 305. The Kier molecular flexibility index (Phi) is 5.10. The third kappa shape index (κ3) is 3.00. The summed E-state index contributed by atoms with van der Waals surface area (Å²) in [6, 6.07) is 0. The highest BCUT2D eigenvalue weighted by atomic mass is 16.4. The van der Waals surface area contributed by atoms with Crippen molar-refractivity contribution in [3.8, 4) is 0 Å². The average Bonchev–Trinajstić information content (AvgIpc) is 2.85. The lowest BCUT2D eigenvalue weighted by atomic mass is 9.92. The van der Waals surface area contributed by atoms with E-state index in [-0.39, 0.29) is 19.1 Å². The molecule has 6 heteroatoms. The summed E-state index contributed by atoms with van der Waals surface area (Å²) in [6.45, 7) is 1.02. The van der Waals surface area contributed by atoms with Crippen molar-refractivity contribution in [2.45, 2.75) is 38.1 Å². The van der Waals surface area contributed by atoms with E-state index in [1.807, 2.05) is 0 Å². The van der Waals surface area contributed by atoms with Gasteiger partial charge in [-0.3, -0.25) is 9.59 Å². The quantitative estimate of drug-likeness (QED) is 0.525. The van der Waals surface area contributed by atoms with Crippen molar-refractivity contribution in [2.75, 3.05) is 13.2 Å². The van der Waals surface area contributed by atoms with Gasteiger partial charge in [-0.2, -0.15) is 0 Å². The first-order valence-electron chi connectivity index (χ1n) is 6.26. The smallest absolute Gasteiger partial charge is 0.307 e. The Morgan fingerprint density at radius 2 is 1.78 bits per heavy atom. The summed E-state index contributed by atoms with van der Waals surface area (Å²) in [5.74, 6) is -2.56. The number of carbonyl (C=O) groups excluding carboxylic acids is 1. The molecule has 6 nitrogen and oxygen atoms in total. The minimum atomic E-state index is -1.05. The number of hydrogen-bond acceptors (Lipinski definition) is 4. The number of aliphatic hydroxyl groups is 2. The van der Waals surface area contributed by atoms with E-state index in [2.05, 4.69) is 5.32 Å². The van der Waals surface area contributed by atoms with Crippen molar-refractivity contribution in [2.24, 2.45) is 11.8 Å². The van der Waals surface area contributed by atoms with E-state index in [4.69, 9.17) is 5.11 Å². The van der Waals surface area contributed by atoms with Crippen molar-refractivity contribution in [1.82, 2.24) is 5.32 Å². The minimum Gasteiger partial charge on any atom is -0.481 e. The van der Waals surface area contributed by atoms with E-state index in [1.54, 1.807) is 6.92 Å². The van der Waals surface area contributed by atoms with E-state index in [0.29, 0.717) is 25.7 Å². The number of aliphatic hydroxyl groups excluding tert-OH is 2. The van der Waals surface area contributed by atoms with Crippen LogP contribution in [0.2, 0.25) is 0 Å². The van der Waals surface area contributed by atoms with Crippen LogP contribution < -0.4 is 5.32 Å². The molecule has 1 aliphatic carbocycles. The second-order valence-electron chi connectivity index (χ2n) is 4.92. The Morgan fingerprint density at radius 1 is 1.22 bits per heavy atom. The molecule has 0 aliphatic heterocycles. The van der Waals surface area contributed by atoms with Crippen LogP contribution in [0.15, 0.2) is 0 Å². The highest BCUT2D eigenvalue weighted by molar-refractivity contribution is 5.85. The van der Waals surface area contributed by atoms with Crippen LogP contribution in [0, 0.1) is 11.8 Å². The SMILES string of the molecule is CCC(CO)(CO)NC(=O)[C@@H]1CCC[C@@H]1C(=O)O. The van der Waals surface area contributed by atoms with E-state index in [0.717, 1.165) is 0 Å². The molecule has 0 saturated heterocycles. The topological polar surface area (TPSA) is 107 Å². The second kappa shape index (κ2) is 6.15. The maximum atomic E-state index is 12.1. The number of nitrogens with one attached hydrogen (secondary N) is 1. The molecular weight excluding hydrogens is 238 g/mol. The van der Waals surface area contributed by atoms with E-state index in [9.17, 15) is 19.8 Å². The van der Waals surface area contributed by atoms with Crippen LogP contribution in [0.3, 0.4) is 0 Å². The number of carboxylic acids is 1. The summed E-state index contributed by atoms with van der Waals surface area (Å²) < 4.78 is 0. The lowest BCUT2D eigenvalue weighted by Gasteiger charge is -2.31. The van der Waals surface area contributed by atoms with E-state index < -0.39 is 23.3 Å². The fourth-order valence-electron chi connectivity index (χ4n) is 2.36. The molecule has 0 aromatic carbocycles. The van der Waals surface area contributed by atoms with E-state index in [1.165, 1.54) is 0 Å². The van der Waals surface area contributed by atoms with Gasteiger partial charge in [0, 0.05) is 0 Å². The highest BCUT2D eigenvalue weighted by Gasteiger charge is 2.40. The Labute approximate surface area is 106 Å². The Hall–Kier alpha value is -1.14. The van der Waals surface area contributed by atoms with Gasteiger partial charge in [-0.1, -0.05) is 13.3 Å². The van der Waals surface area contributed by atoms with Crippen LogP contribution in [-0.2, 0) is 9.59 Å². The number of amides is 1. The van der Waals surface area contributed by atoms with Gasteiger partial charge in [-0.05, 0) is 19.3 Å². The van der Waals surface area contributed by atoms with Crippen LogP contribution in [0.4, 0.5) is 0 Å². The normalized spacial score (nSPS) is 23.9. The molecule has 0 heterocycles. The van der Waals surface area contributed by atoms with Gasteiger partial charge in [-0.15, -0.1) is 0 Å². The zero-order valence-corrected chi connectivity index (χ0v) is 10.6. The molecule has 2 atom stereocenters.